The summed E-state index contributed by atoms with van der Waals surface area (Å²) in [7, 11) is 0. The van der Waals surface area contributed by atoms with Gasteiger partial charge in [0.25, 0.3) is 0 Å². The fourth-order valence-electron chi connectivity index (χ4n) is 1.41. The van der Waals surface area contributed by atoms with E-state index < -0.39 is 0 Å². The maximum absolute atomic E-state index is 9.05. The van der Waals surface area contributed by atoms with Gasteiger partial charge in [0.1, 0.15) is 0 Å². The zero-order valence-corrected chi connectivity index (χ0v) is 15.4. The second-order valence-electron chi connectivity index (χ2n) is 3.51. The SMILES string of the molecule is CCC(CO)Cn1[c-]c(C)[c-]c1C.[W].[Y]. The van der Waals surface area contributed by atoms with E-state index in [0.717, 1.165) is 24.2 Å². The van der Waals surface area contributed by atoms with Gasteiger partial charge in [-0.05, 0) is 18.9 Å². The van der Waals surface area contributed by atoms with Gasteiger partial charge in [-0.2, -0.15) is 0 Å². The molecule has 0 spiro atoms. The van der Waals surface area contributed by atoms with E-state index in [-0.39, 0.29) is 60.4 Å². The third-order valence-electron chi connectivity index (χ3n) is 2.35. The molecule has 1 unspecified atom stereocenters. The third-order valence-corrected chi connectivity index (χ3v) is 2.35. The topological polar surface area (TPSA) is 25.2 Å². The molecule has 0 aliphatic carbocycles. The molecule has 2 nitrogen and oxygen atoms in total. The number of hydrogen-bond acceptors (Lipinski definition) is 1. The molecule has 0 aromatic carbocycles. The Labute approximate surface area is 132 Å². The summed E-state index contributed by atoms with van der Waals surface area (Å²) in [6, 6.07) is 3.19. The first kappa shape index (κ1) is 18.4. The van der Waals surface area contributed by atoms with Crippen molar-refractivity contribution in [2.75, 3.05) is 6.61 Å². The van der Waals surface area contributed by atoms with Gasteiger partial charge in [0, 0.05) is 60.4 Å². The molecular weight excluding hydrogens is 435 g/mol. The van der Waals surface area contributed by atoms with Gasteiger partial charge >= 0.3 is 0 Å². The molecule has 1 heterocycles. The summed E-state index contributed by atoms with van der Waals surface area (Å²) in [5, 5.41) is 9.05. The molecule has 0 aliphatic rings. The fraction of sp³-hybridized carbons (Fsp3) is 0.636. The van der Waals surface area contributed by atoms with E-state index in [1.54, 1.807) is 0 Å². The molecule has 0 bridgehead atoms. The predicted molar refractivity (Wildman–Crippen MR) is 52.4 cm³/mol. The molecule has 1 atom stereocenters. The molecule has 0 fully saturated rings. The van der Waals surface area contributed by atoms with Gasteiger partial charge in [0.05, 0.1) is 0 Å². The van der Waals surface area contributed by atoms with Crippen LogP contribution in [0.3, 0.4) is 0 Å². The minimum atomic E-state index is 0. The Morgan fingerprint density at radius 3 is 2.33 bits per heavy atom. The fourth-order valence-corrected chi connectivity index (χ4v) is 1.41. The Morgan fingerprint density at radius 1 is 1.40 bits per heavy atom. The van der Waals surface area contributed by atoms with Crippen LogP contribution in [0.2, 0.25) is 0 Å². The van der Waals surface area contributed by atoms with Crippen LogP contribution in [0.1, 0.15) is 24.6 Å². The largest absolute Gasteiger partial charge is 0.592 e. The second-order valence-corrected chi connectivity index (χ2v) is 3.51. The van der Waals surface area contributed by atoms with Gasteiger partial charge in [-0.3, -0.25) is 6.20 Å². The Balaban J connectivity index is 0. The first-order valence-corrected chi connectivity index (χ1v) is 4.76. The number of aromatic nitrogens is 1. The van der Waals surface area contributed by atoms with Crippen molar-refractivity contribution < 1.29 is 58.9 Å². The third kappa shape index (κ3) is 5.77. The van der Waals surface area contributed by atoms with E-state index >= 15 is 0 Å². The van der Waals surface area contributed by atoms with E-state index in [4.69, 9.17) is 5.11 Å². The van der Waals surface area contributed by atoms with Gasteiger partial charge in [-0.25, -0.2) is 0 Å². The van der Waals surface area contributed by atoms with E-state index in [1.807, 2.05) is 18.4 Å². The van der Waals surface area contributed by atoms with Crippen LogP contribution in [0, 0.1) is 32.0 Å². The van der Waals surface area contributed by atoms with E-state index in [2.05, 4.69) is 19.2 Å². The van der Waals surface area contributed by atoms with Crippen molar-refractivity contribution in [3.63, 3.8) is 0 Å². The van der Waals surface area contributed by atoms with Crippen molar-refractivity contribution in [2.45, 2.75) is 33.7 Å². The number of nitrogens with zero attached hydrogens (tertiary/aromatic N) is 1. The predicted octanol–water partition coefficient (Wildman–Crippen LogP) is 1.72. The van der Waals surface area contributed by atoms with Crippen molar-refractivity contribution in [3.8, 4) is 0 Å². The number of hydrogen-bond donors (Lipinski definition) is 1. The number of aryl methyl sites for hydroxylation is 2. The summed E-state index contributed by atoms with van der Waals surface area (Å²) in [6.07, 6.45) is 4.19. The summed E-state index contributed by atoms with van der Waals surface area (Å²) in [5.74, 6) is 0.343. The molecule has 0 saturated heterocycles. The second kappa shape index (κ2) is 9.10. The van der Waals surface area contributed by atoms with Crippen LogP contribution in [0.5, 0.6) is 0 Å². The Morgan fingerprint density at radius 2 is 2.00 bits per heavy atom. The summed E-state index contributed by atoms with van der Waals surface area (Å²) in [4.78, 5) is 0. The molecule has 1 radical (unpaired) electrons. The molecule has 83 valence electrons. The van der Waals surface area contributed by atoms with Crippen LogP contribution in [-0.4, -0.2) is 16.3 Å². The van der Waals surface area contributed by atoms with Crippen molar-refractivity contribution in [1.29, 1.82) is 0 Å². The van der Waals surface area contributed by atoms with Crippen molar-refractivity contribution in [2.24, 2.45) is 5.92 Å². The zero-order valence-electron chi connectivity index (χ0n) is 9.58. The molecule has 1 aromatic heterocycles. The first-order valence-electron chi connectivity index (χ1n) is 4.76. The van der Waals surface area contributed by atoms with Gasteiger partial charge in [0.2, 0.25) is 0 Å². The monoisotopic (exact) mass is 452 g/mol. The summed E-state index contributed by atoms with van der Waals surface area (Å²) < 4.78 is 2.04. The summed E-state index contributed by atoms with van der Waals surface area (Å²) in [6.45, 7) is 7.21. The van der Waals surface area contributed by atoms with E-state index in [9.17, 15) is 0 Å². The average Bonchev–Trinajstić information content (AvgIpc) is 2.41. The van der Waals surface area contributed by atoms with Crippen LogP contribution < -0.4 is 0 Å². The van der Waals surface area contributed by atoms with E-state index in [1.165, 1.54) is 0 Å². The number of rotatable bonds is 4. The Kier molecular flexibility index (Phi) is 11.2. The first-order chi connectivity index (χ1) is 6.17. The van der Waals surface area contributed by atoms with Crippen LogP contribution in [0.4, 0.5) is 0 Å². The van der Waals surface area contributed by atoms with Crippen LogP contribution in [0.15, 0.2) is 0 Å². The molecule has 0 amide bonds. The maximum Gasteiger partial charge on any atom is 0.0474 e. The molecule has 0 aliphatic heterocycles. The Bertz CT molecular complexity index is 272. The van der Waals surface area contributed by atoms with Crippen molar-refractivity contribution in [1.82, 2.24) is 4.57 Å². The average molecular weight is 452 g/mol. The van der Waals surface area contributed by atoms with Crippen LogP contribution in [0.25, 0.3) is 0 Å². The van der Waals surface area contributed by atoms with E-state index in [0.29, 0.717) is 5.92 Å². The van der Waals surface area contributed by atoms with Crippen molar-refractivity contribution >= 4 is 0 Å². The van der Waals surface area contributed by atoms with Crippen molar-refractivity contribution in [3.05, 3.63) is 23.5 Å². The van der Waals surface area contributed by atoms with Gasteiger partial charge in [0.15, 0.2) is 0 Å². The molecular formula is C11H17NOWY-2. The molecule has 4 heteroatoms. The normalized spacial score (nSPS) is 11.5. The van der Waals surface area contributed by atoms with Gasteiger partial charge in [-0.1, -0.05) is 13.8 Å². The number of aliphatic hydroxyl groups is 1. The van der Waals surface area contributed by atoms with Crippen LogP contribution >= 0.6 is 0 Å². The molecule has 1 N–H and O–H groups in total. The molecule has 1 aromatic rings. The quantitative estimate of drug-likeness (QED) is 0.693. The van der Waals surface area contributed by atoms with Crippen LogP contribution in [-0.2, 0) is 60.3 Å². The Hall–Kier alpha value is 1.03. The maximum atomic E-state index is 9.05. The number of aliphatic hydroxyl groups excluding tert-OH is 1. The zero-order chi connectivity index (χ0) is 9.84. The molecule has 0 saturated carbocycles. The van der Waals surface area contributed by atoms with Gasteiger partial charge in [-0.15, -0.1) is 6.92 Å². The molecule has 1 rings (SSSR count). The smallest absolute Gasteiger partial charge is 0.0474 e. The summed E-state index contributed by atoms with van der Waals surface area (Å²) >= 11 is 0. The standard InChI is InChI=1S/C11H17NO.W.Y/c1-4-11(8-13)7-12-6-9(2)5-10(12)3;;/h11,13H,4,7-8H2,1-3H3;;/q-2;;. The minimum Gasteiger partial charge on any atom is -0.592 e. The molecule has 15 heavy (non-hydrogen) atoms. The summed E-state index contributed by atoms with van der Waals surface area (Å²) in [5.41, 5.74) is 2.15. The van der Waals surface area contributed by atoms with Gasteiger partial charge < -0.3 is 27.0 Å². The minimum absolute atomic E-state index is 0.